The van der Waals surface area contributed by atoms with Crippen molar-refractivity contribution in [2.45, 2.75) is 44.7 Å². The molecular formula is C16H18BrN3O2. The molecule has 1 aromatic carbocycles. The van der Waals surface area contributed by atoms with E-state index >= 15 is 0 Å². The average molecular weight is 364 g/mol. The summed E-state index contributed by atoms with van der Waals surface area (Å²) in [5.74, 6) is -0.120. The van der Waals surface area contributed by atoms with E-state index in [2.05, 4.69) is 26.2 Å². The molecule has 5 nitrogen and oxygen atoms in total. The van der Waals surface area contributed by atoms with Gasteiger partial charge >= 0.3 is 0 Å². The Kier molecular flexibility index (Phi) is 4.57. The summed E-state index contributed by atoms with van der Waals surface area (Å²) in [6, 6.07) is 5.61. The first kappa shape index (κ1) is 15.2. The first-order chi connectivity index (χ1) is 10.6. The van der Waals surface area contributed by atoms with Gasteiger partial charge in [-0.25, -0.2) is 4.98 Å². The summed E-state index contributed by atoms with van der Waals surface area (Å²) in [6.45, 7) is 0.0186. The fourth-order valence-corrected chi connectivity index (χ4v) is 3.28. The molecule has 1 N–H and O–H groups in total. The Bertz CT molecular complexity index is 751. The summed E-state index contributed by atoms with van der Waals surface area (Å²) >= 11 is 3.35. The van der Waals surface area contributed by atoms with Gasteiger partial charge in [0.05, 0.1) is 17.2 Å². The van der Waals surface area contributed by atoms with Gasteiger partial charge in [0.25, 0.3) is 5.56 Å². The molecule has 0 radical (unpaired) electrons. The molecule has 0 aliphatic heterocycles. The summed E-state index contributed by atoms with van der Waals surface area (Å²) in [5.41, 5.74) is 0.447. The van der Waals surface area contributed by atoms with Gasteiger partial charge in [-0.15, -0.1) is 0 Å². The van der Waals surface area contributed by atoms with Crippen molar-refractivity contribution in [2.75, 3.05) is 0 Å². The number of carbonyl (C=O) groups excluding carboxylic acids is 1. The summed E-state index contributed by atoms with van der Waals surface area (Å²) in [7, 11) is 0. The fourth-order valence-electron chi connectivity index (χ4n) is 2.92. The third-order valence-corrected chi connectivity index (χ3v) is 4.56. The van der Waals surface area contributed by atoms with Crippen molar-refractivity contribution >= 4 is 32.7 Å². The smallest absolute Gasteiger partial charge is 0.261 e. The topological polar surface area (TPSA) is 64.0 Å². The highest BCUT2D eigenvalue weighted by Gasteiger charge is 2.16. The van der Waals surface area contributed by atoms with E-state index in [1.807, 2.05) is 6.07 Å². The van der Waals surface area contributed by atoms with E-state index in [9.17, 15) is 9.59 Å². The number of hydrogen-bond donors (Lipinski definition) is 1. The van der Waals surface area contributed by atoms with Crippen LogP contribution in [0, 0.1) is 0 Å². The van der Waals surface area contributed by atoms with Gasteiger partial charge < -0.3 is 5.32 Å². The molecule has 116 valence electrons. The van der Waals surface area contributed by atoms with Crippen LogP contribution in [-0.2, 0) is 11.3 Å². The van der Waals surface area contributed by atoms with E-state index in [4.69, 9.17) is 0 Å². The Hall–Kier alpha value is -1.69. The van der Waals surface area contributed by atoms with Gasteiger partial charge in [0.15, 0.2) is 0 Å². The molecular weight excluding hydrogens is 346 g/mol. The van der Waals surface area contributed by atoms with Gasteiger partial charge in [-0.3, -0.25) is 14.2 Å². The molecule has 3 rings (SSSR count). The highest BCUT2D eigenvalue weighted by atomic mass is 79.9. The van der Waals surface area contributed by atoms with Crippen LogP contribution in [-0.4, -0.2) is 21.5 Å². The zero-order chi connectivity index (χ0) is 15.5. The molecule has 0 saturated heterocycles. The van der Waals surface area contributed by atoms with Gasteiger partial charge in [-0.1, -0.05) is 35.2 Å². The minimum Gasteiger partial charge on any atom is -0.352 e. The maximum Gasteiger partial charge on any atom is 0.261 e. The second kappa shape index (κ2) is 6.60. The van der Waals surface area contributed by atoms with Crippen molar-refractivity contribution in [3.63, 3.8) is 0 Å². The number of nitrogens with one attached hydrogen (secondary N) is 1. The van der Waals surface area contributed by atoms with Gasteiger partial charge in [0.2, 0.25) is 5.91 Å². The lowest BCUT2D eigenvalue weighted by atomic mass is 9.95. The number of amides is 1. The number of nitrogens with zero attached hydrogens (tertiary/aromatic N) is 2. The maximum absolute atomic E-state index is 12.4. The zero-order valence-electron chi connectivity index (χ0n) is 12.2. The van der Waals surface area contributed by atoms with Crippen LogP contribution >= 0.6 is 15.9 Å². The van der Waals surface area contributed by atoms with E-state index in [0.717, 1.165) is 30.2 Å². The Labute approximate surface area is 136 Å². The number of hydrogen-bond acceptors (Lipinski definition) is 3. The monoisotopic (exact) mass is 363 g/mol. The summed E-state index contributed by atoms with van der Waals surface area (Å²) in [4.78, 5) is 28.8. The van der Waals surface area contributed by atoms with Gasteiger partial charge in [-0.2, -0.15) is 0 Å². The van der Waals surface area contributed by atoms with Crippen molar-refractivity contribution in [3.8, 4) is 0 Å². The molecule has 0 unspecified atom stereocenters. The molecule has 0 atom stereocenters. The normalized spacial score (nSPS) is 15.9. The molecule has 6 heteroatoms. The van der Waals surface area contributed by atoms with Gasteiger partial charge in [-0.05, 0) is 31.0 Å². The van der Waals surface area contributed by atoms with Crippen LogP contribution in [0.25, 0.3) is 10.9 Å². The third kappa shape index (κ3) is 3.38. The molecule has 22 heavy (non-hydrogen) atoms. The SMILES string of the molecule is O=C(Cn1cnc2ccc(Br)cc2c1=O)NC1CCCCC1. The zero-order valence-corrected chi connectivity index (χ0v) is 13.8. The van der Waals surface area contributed by atoms with E-state index in [0.29, 0.717) is 10.9 Å². The molecule has 1 amide bonds. The fraction of sp³-hybridized carbons (Fsp3) is 0.438. The number of aromatic nitrogens is 2. The number of rotatable bonds is 3. The lowest BCUT2D eigenvalue weighted by Crippen LogP contribution is -2.39. The number of carbonyl (C=O) groups is 1. The predicted molar refractivity (Wildman–Crippen MR) is 88.7 cm³/mol. The Morgan fingerprint density at radius 1 is 1.32 bits per heavy atom. The summed E-state index contributed by atoms with van der Waals surface area (Å²) < 4.78 is 2.19. The molecule has 1 saturated carbocycles. The summed E-state index contributed by atoms with van der Waals surface area (Å²) in [5, 5.41) is 3.53. The minimum absolute atomic E-state index is 0.0186. The molecule has 1 heterocycles. The lowest BCUT2D eigenvalue weighted by Gasteiger charge is -2.22. The Morgan fingerprint density at radius 2 is 2.09 bits per heavy atom. The van der Waals surface area contributed by atoms with Gasteiger partial charge in [0, 0.05) is 10.5 Å². The quantitative estimate of drug-likeness (QED) is 0.911. The van der Waals surface area contributed by atoms with E-state index in [-0.39, 0.29) is 24.1 Å². The average Bonchev–Trinajstić information content (AvgIpc) is 2.51. The van der Waals surface area contributed by atoms with E-state index in [1.165, 1.54) is 17.3 Å². The van der Waals surface area contributed by atoms with Crippen molar-refractivity contribution in [1.29, 1.82) is 0 Å². The highest BCUT2D eigenvalue weighted by Crippen LogP contribution is 2.17. The lowest BCUT2D eigenvalue weighted by molar-refractivity contribution is -0.122. The van der Waals surface area contributed by atoms with Crippen molar-refractivity contribution in [3.05, 3.63) is 39.4 Å². The first-order valence-corrected chi connectivity index (χ1v) is 8.37. The highest BCUT2D eigenvalue weighted by molar-refractivity contribution is 9.10. The van der Waals surface area contributed by atoms with E-state index in [1.54, 1.807) is 12.1 Å². The first-order valence-electron chi connectivity index (χ1n) is 7.57. The van der Waals surface area contributed by atoms with Crippen molar-refractivity contribution < 1.29 is 4.79 Å². The molecule has 1 aromatic heterocycles. The van der Waals surface area contributed by atoms with Crippen LogP contribution < -0.4 is 10.9 Å². The molecule has 0 spiro atoms. The van der Waals surface area contributed by atoms with Crippen LogP contribution in [0.1, 0.15) is 32.1 Å². The number of halogens is 1. The minimum atomic E-state index is -0.190. The Morgan fingerprint density at radius 3 is 2.86 bits per heavy atom. The van der Waals surface area contributed by atoms with Crippen LogP contribution in [0.5, 0.6) is 0 Å². The van der Waals surface area contributed by atoms with Crippen LogP contribution in [0.15, 0.2) is 33.8 Å². The van der Waals surface area contributed by atoms with Crippen molar-refractivity contribution in [2.24, 2.45) is 0 Å². The molecule has 1 aliphatic carbocycles. The van der Waals surface area contributed by atoms with Crippen LogP contribution in [0.2, 0.25) is 0 Å². The molecule has 1 aliphatic rings. The summed E-state index contributed by atoms with van der Waals surface area (Å²) in [6.07, 6.45) is 7.08. The number of benzene rings is 1. The number of fused-ring (bicyclic) bond motifs is 1. The molecule has 0 bridgehead atoms. The second-order valence-corrected chi connectivity index (χ2v) is 6.66. The van der Waals surface area contributed by atoms with Crippen LogP contribution in [0.4, 0.5) is 0 Å². The maximum atomic E-state index is 12.4. The second-order valence-electron chi connectivity index (χ2n) is 5.74. The van der Waals surface area contributed by atoms with Crippen molar-refractivity contribution in [1.82, 2.24) is 14.9 Å². The van der Waals surface area contributed by atoms with Gasteiger partial charge in [0.1, 0.15) is 6.54 Å². The van der Waals surface area contributed by atoms with Crippen LogP contribution in [0.3, 0.4) is 0 Å². The molecule has 2 aromatic rings. The third-order valence-electron chi connectivity index (χ3n) is 4.07. The predicted octanol–water partition coefficient (Wildman–Crippen LogP) is 2.61. The Balaban J connectivity index is 1.77. The standard InChI is InChI=1S/C16H18BrN3O2/c17-11-6-7-14-13(8-11)16(22)20(10-18-14)9-15(21)19-12-4-2-1-3-5-12/h6-8,10,12H,1-5,9H2,(H,19,21). The largest absolute Gasteiger partial charge is 0.352 e. The van der Waals surface area contributed by atoms with E-state index < -0.39 is 0 Å². The molecule has 1 fully saturated rings.